The second kappa shape index (κ2) is 5.08. The zero-order chi connectivity index (χ0) is 17.0. The van der Waals surface area contributed by atoms with E-state index in [-0.39, 0.29) is 0 Å². The minimum atomic E-state index is -0.438. The van der Waals surface area contributed by atoms with Gasteiger partial charge in [0.1, 0.15) is 23.7 Å². The summed E-state index contributed by atoms with van der Waals surface area (Å²) in [6.45, 7) is 0.409. The van der Waals surface area contributed by atoms with Gasteiger partial charge < -0.3 is 13.9 Å². The molecule has 5 nitrogen and oxygen atoms in total. The Bertz CT molecular complexity index is 1210. The van der Waals surface area contributed by atoms with Crippen molar-refractivity contribution in [1.29, 1.82) is 0 Å². The largest absolute Gasteiger partial charge is 0.497 e. The van der Waals surface area contributed by atoms with Gasteiger partial charge in [-0.15, -0.1) is 0 Å². The van der Waals surface area contributed by atoms with Gasteiger partial charge in [0, 0.05) is 21.9 Å². The van der Waals surface area contributed by atoms with Crippen molar-refractivity contribution in [3.05, 3.63) is 64.5 Å². The smallest absolute Gasteiger partial charge is 0.363 e. The van der Waals surface area contributed by atoms with Crippen LogP contribution in [0.4, 0.5) is 0 Å². The maximum absolute atomic E-state index is 12.4. The summed E-state index contributed by atoms with van der Waals surface area (Å²) in [6.07, 6.45) is 0. The number of methoxy groups -OCH3 is 1. The van der Waals surface area contributed by atoms with Crippen molar-refractivity contribution in [3.8, 4) is 22.8 Å². The van der Waals surface area contributed by atoms with Crippen molar-refractivity contribution in [2.24, 2.45) is 0 Å². The average Bonchev–Trinajstić information content (AvgIpc) is 2.66. The number of rotatable bonds is 1. The molecular weight excluding hydrogens is 318 g/mol. The molecule has 0 radical (unpaired) electrons. The molecule has 0 atom stereocenters. The molecule has 0 spiro atoms. The molecule has 1 aliphatic rings. The first-order chi connectivity index (χ1) is 12.2. The van der Waals surface area contributed by atoms with Crippen molar-refractivity contribution in [2.75, 3.05) is 7.11 Å². The number of fused-ring (bicyclic) bond motifs is 6. The Morgan fingerprint density at radius 3 is 2.84 bits per heavy atom. The summed E-state index contributed by atoms with van der Waals surface area (Å²) in [5, 5.41) is 1.64. The molecule has 0 aliphatic carbocycles. The van der Waals surface area contributed by atoms with Gasteiger partial charge in [-0.05, 0) is 30.3 Å². The molecule has 0 N–H and O–H groups in total. The second-order valence-corrected chi connectivity index (χ2v) is 5.93. The monoisotopic (exact) mass is 331 g/mol. The Morgan fingerprint density at radius 2 is 1.96 bits per heavy atom. The lowest BCUT2D eigenvalue weighted by Gasteiger charge is -2.21. The molecule has 25 heavy (non-hydrogen) atoms. The highest BCUT2D eigenvalue weighted by Gasteiger charge is 2.22. The van der Waals surface area contributed by atoms with E-state index in [9.17, 15) is 4.79 Å². The van der Waals surface area contributed by atoms with Gasteiger partial charge in [0.15, 0.2) is 5.52 Å². The minimum Gasteiger partial charge on any atom is -0.497 e. The first-order valence-corrected chi connectivity index (χ1v) is 7.91. The van der Waals surface area contributed by atoms with E-state index in [0.29, 0.717) is 23.5 Å². The van der Waals surface area contributed by atoms with Gasteiger partial charge in [-0.25, -0.2) is 9.78 Å². The highest BCUT2D eigenvalue weighted by atomic mass is 16.5. The summed E-state index contributed by atoms with van der Waals surface area (Å²) < 4.78 is 16.6. The molecule has 0 fully saturated rings. The third kappa shape index (κ3) is 2.02. The van der Waals surface area contributed by atoms with Crippen LogP contribution in [0.3, 0.4) is 0 Å². The lowest BCUT2D eigenvalue weighted by atomic mass is 9.99. The van der Waals surface area contributed by atoms with E-state index in [2.05, 4.69) is 4.98 Å². The average molecular weight is 331 g/mol. The van der Waals surface area contributed by atoms with Crippen molar-refractivity contribution in [2.45, 2.75) is 6.61 Å². The zero-order valence-electron chi connectivity index (χ0n) is 13.4. The highest BCUT2D eigenvalue weighted by molar-refractivity contribution is 6.04. The molecule has 4 aromatic rings. The normalized spacial score (nSPS) is 12.5. The third-order valence-corrected chi connectivity index (χ3v) is 4.50. The highest BCUT2D eigenvalue weighted by Crippen LogP contribution is 2.40. The molecule has 122 valence electrons. The van der Waals surface area contributed by atoms with Crippen LogP contribution in [0, 0.1) is 0 Å². The number of nitrogens with zero attached hydrogens (tertiary/aromatic N) is 1. The van der Waals surface area contributed by atoms with E-state index in [4.69, 9.17) is 13.9 Å². The number of para-hydroxylation sites is 1. The molecule has 3 heterocycles. The summed E-state index contributed by atoms with van der Waals surface area (Å²) in [4.78, 5) is 17.1. The molecule has 5 heteroatoms. The van der Waals surface area contributed by atoms with Gasteiger partial charge in [0.25, 0.3) is 0 Å². The van der Waals surface area contributed by atoms with E-state index in [0.717, 1.165) is 33.3 Å². The molecule has 0 saturated carbocycles. The molecule has 0 unspecified atom stereocenters. The van der Waals surface area contributed by atoms with Crippen LogP contribution in [0.25, 0.3) is 33.1 Å². The summed E-state index contributed by atoms with van der Waals surface area (Å²) in [6, 6.07) is 15.0. The van der Waals surface area contributed by atoms with Crippen LogP contribution in [0.1, 0.15) is 5.56 Å². The topological polar surface area (TPSA) is 61.6 Å². The molecule has 0 saturated heterocycles. The lowest BCUT2D eigenvalue weighted by Crippen LogP contribution is -2.10. The maximum Gasteiger partial charge on any atom is 0.363 e. The summed E-state index contributed by atoms with van der Waals surface area (Å²) in [5.74, 6) is 1.44. The van der Waals surface area contributed by atoms with Crippen molar-refractivity contribution < 1.29 is 13.9 Å². The van der Waals surface area contributed by atoms with Crippen molar-refractivity contribution in [3.63, 3.8) is 0 Å². The fraction of sp³-hybridized carbons (Fsp3) is 0.100. The zero-order valence-corrected chi connectivity index (χ0v) is 13.4. The Labute approximate surface area is 142 Å². The third-order valence-electron chi connectivity index (χ3n) is 4.50. The molecule has 5 rings (SSSR count). The molecular formula is C20H13NO4. The Morgan fingerprint density at radius 1 is 1.08 bits per heavy atom. The standard InChI is InChI=1S/C20H13NO4/c1-23-12-6-7-16-15(9-12)18-11(10-24-16)8-14-13-4-2-3-5-17(13)25-20(22)19(14)21-18/h2-9H,10H2,1H3. The maximum atomic E-state index is 12.4. The number of pyridine rings is 1. The number of hydrogen-bond acceptors (Lipinski definition) is 5. The first kappa shape index (κ1) is 14.0. The number of hydrogen-bond donors (Lipinski definition) is 0. The number of benzene rings is 2. The van der Waals surface area contributed by atoms with Gasteiger partial charge >= 0.3 is 5.63 Å². The predicted octanol–water partition coefficient (Wildman–Crippen LogP) is 3.91. The quantitative estimate of drug-likeness (QED) is 0.391. The van der Waals surface area contributed by atoms with Gasteiger partial charge in [0.05, 0.1) is 12.8 Å². The van der Waals surface area contributed by atoms with E-state index < -0.39 is 5.63 Å². The second-order valence-electron chi connectivity index (χ2n) is 5.93. The molecule has 2 aromatic heterocycles. The Kier molecular flexibility index (Phi) is 2.85. The van der Waals surface area contributed by atoms with Gasteiger partial charge in [-0.1, -0.05) is 18.2 Å². The minimum absolute atomic E-state index is 0.327. The van der Waals surface area contributed by atoms with Gasteiger partial charge in [-0.3, -0.25) is 0 Å². The lowest BCUT2D eigenvalue weighted by molar-refractivity contribution is 0.301. The van der Waals surface area contributed by atoms with E-state index in [1.54, 1.807) is 13.2 Å². The Hall–Kier alpha value is -3.34. The fourth-order valence-electron chi connectivity index (χ4n) is 3.29. The molecule has 0 amide bonds. The van der Waals surface area contributed by atoms with Gasteiger partial charge in [-0.2, -0.15) is 0 Å². The summed E-state index contributed by atoms with van der Waals surface area (Å²) in [5.41, 5.74) is 2.93. The fourth-order valence-corrected chi connectivity index (χ4v) is 3.29. The van der Waals surface area contributed by atoms with Crippen LogP contribution in [0.5, 0.6) is 11.5 Å². The Balaban J connectivity index is 1.88. The van der Waals surface area contributed by atoms with Crippen LogP contribution >= 0.6 is 0 Å². The van der Waals surface area contributed by atoms with Crippen LogP contribution in [0.2, 0.25) is 0 Å². The first-order valence-electron chi connectivity index (χ1n) is 7.91. The van der Waals surface area contributed by atoms with Gasteiger partial charge in [0.2, 0.25) is 0 Å². The molecule has 0 bridgehead atoms. The van der Waals surface area contributed by atoms with E-state index >= 15 is 0 Å². The number of aromatic nitrogens is 1. The van der Waals surface area contributed by atoms with Crippen molar-refractivity contribution >= 4 is 21.9 Å². The molecule has 1 aliphatic heterocycles. The summed E-state index contributed by atoms with van der Waals surface area (Å²) >= 11 is 0. The van der Waals surface area contributed by atoms with Crippen LogP contribution in [-0.4, -0.2) is 12.1 Å². The molecule has 2 aromatic carbocycles. The summed E-state index contributed by atoms with van der Waals surface area (Å²) in [7, 11) is 1.61. The van der Waals surface area contributed by atoms with Crippen LogP contribution in [-0.2, 0) is 6.61 Å². The number of ether oxygens (including phenoxy) is 2. The van der Waals surface area contributed by atoms with Crippen molar-refractivity contribution in [1.82, 2.24) is 4.98 Å². The van der Waals surface area contributed by atoms with E-state index in [1.165, 1.54) is 0 Å². The SMILES string of the molecule is COc1ccc2c(c1)-c1nc3c(=O)oc4ccccc4c3cc1CO2. The van der Waals surface area contributed by atoms with Crippen LogP contribution in [0.15, 0.2) is 57.7 Å². The van der Waals surface area contributed by atoms with Crippen LogP contribution < -0.4 is 15.1 Å². The predicted molar refractivity (Wildman–Crippen MR) is 94.1 cm³/mol. The van der Waals surface area contributed by atoms with E-state index in [1.807, 2.05) is 42.5 Å².